The molecule has 0 fully saturated rings. The maximum Gasteiger partial charge on any atom is 0.270 e. The van der Waals surface area contributed by atoms with Crippen molar-refractivity contribution in [1.29, 1.82) is 0 Å². The Hall–Kier alpha value is -1.45. The van der Waals surface area contributed by atoms with Crippen molar-refractivity contribution in [3.8, 4) is 0 Å². The molecule has 0 atom stereocenters. The summed E-state index contributed by atoms with van der Waals surface area (Å²) in [5.41, 5.74) is 7.11. The standard InChI is InChI=1S/C14H25N3O/c1-6-16-9-12(15)7-13(16)14(18)17(11(4)5)8-10(2)3/h7,9-11H,6,8,15H2,1-5H3. The molecule has 102 valence electrons. The molecule has 1 aromatic heterocycles. The summed E-state index contributed by atoms with van der Waals surface area (Å²) in [4.78, 5) is 14.5. The van der Waals surface area contributed by atoms with Crippen LogP contribution in [0, 0.1) is 5.92 Å². The Morgan fingerprint density at radius 1 is 1.39 bits per heavy atom. The summed E-state index contributed by atoms with van der Waals surface area (Å²) in [6.45, 7) is 11.9. The van der Waals surface area contributed by atoms with E-state index in [4.69, 9.17) is 5.73 Å². The molecule has 1 heterocycles. The van der Waals surface area contributed by atoms with Gasteiger partial charge >= 0.3 is 0 Å². The van der Waals surface area contributed by atoms with Gasteiger partial charge in [0.05, 0.1) is 5.69 Å². The van der Waals surface area contributed by atoms with Gasteiger partial charge in [0.15, 0.2) is 0 Å². The van der Waals surface area contributed by atoms with Crippen LogP contribution in [0.1, 0.15) is 45.1 Å². The maximum atomic E-state index is 12.6. The van der Waals surface area contributed by atoms with Crippen LogP contribution in [0.2, 0.25) is 0 Å². The lowest BCUT2D eigenvalue weighted by Crippen LogP contribution is -2.40. The number of anilines is 1. The molecule has 2 N–H and O–H groups in total. The third kappa shape index (κ3) is 3.28. The fourth-order valence-electron chi connectivity index (χ4n) is 2.04. The lowest BCUT2D eigenvalue weighted by Gasteiger charge is -2.28. The number of nitrogens with zero attached hydrogens (tertiary/aromatic N) is 2. The van der Waals surface area contributed by atoms with E-state index in [0.717, 1.165) is 13.1 Å². The van der Waals surface area contributed by atoms with Gasteiger partial charge in [0, 0.05) is 25.3 Å². The minimum absolute atomic E-state index is 0.0669. The number of nitrogens with two attached hydrogens (primary N) is 1. The minimum Gasteiger partial charge on any atom is -0.397 e. The van der Waals surface area contributed by atoms with E-state index in [0.29, 0.717) is 17.3 Å². The molecule has 1 amide bonds. The summed E-state index contributed by atoms with van der Waals surface area (Å²) < 4.78 is 1.91. The third-order valence-corrected chi connectivity index (χ3v) is 2.92. The molecule has 0 spiro atoms. The Kier molecular flexibility index (Phi) is 4.82. The molecule has 0 unspecified atom stereocenters. The second-order valence-electron chi connectivity index (χ2n) is 5.39. The zero-order valence-electron chi connectivity index (χ0n) is 12.1. The Bertz CT molecular complexity index is 407. The van der Waals surface area contributed by atoms with Gasteiger partial charge in [-0.25, -0.2) is 0 Å². The summed E-state index contributed by atoms with van der Waals surface area (Å²) in [6.07, 6.45) is 1.82. The van der Waals surface area contributed by atoms with Crippen LogP contribution in [-0.2, 0) is 6.54 Å². The molecular weight excluding hydrogens is 226 g/mol. The van der Waals surface area contributed by atoms with Gasteiger partial charge < -0.3 is 15.2 Å². The van der Waals surface area contributed by atoms with Gasteiger partial charge in [-0.05, 0) is 32.8 Å². The molecule has 0 aliphatic rings. The van der Waals surface area contributed by atoms with Crippen molar-refractivity contribution in [2.24, 2.45) is 5.92 Å². The number of rotatable bonds is 5. The normalized spacial score (nSPS) is 11.3. The molecule has 0 aliphatic carbocycles. The third-order valence-electron chi connectivity index (χ3n) is 2.92. The van der Waals surface area contributed by atoms with E-state index in [1.807, 2.05) is 36.4 Å². The van der Waals surface area contributed by atoms with E-state index in [-0.39, 0.29) is 11.9 Å². The second kappa shape index (κ2) is 5.94. The summed E-state index contributed by atoms with van der Waals surface area (Å²) in [6, 6.07) is 1.96. The zero-order chi connectivity index (χ0) is 13.9. The van der Waals surface area contributed by atoms with E-state index in [9.17, 15) is 4.79 Å². The van der Waals surface area contributed by atoms with Crippen LogP contribution in [-0.4, -0.2) is 28.0 Å². The van der Waals surface area contributed by atoms with E-state index in [2.05, 4.69) is 13.8 Å². The number of nitrogen functional groups attached to an aromatic ring is 1. The van der Waals surface area contributed by atoms with Gasteiger partial charge in [-0.15, -0.1) is 0 Å². The predicted octanol–water partition coefficient (Wildman–Crippen LogP) is 2.60. The fourth-order valence-corrected chi connectivity index (χ4v) is 2.04. The fraction of sp³-hybridized carbons (Fsp3) is 0.643. The number of aromatic nitrogens is 1. The second-order valence-corrected chi connectivity index (χ2v) is 5.39. The van der Waals surface area contributed by atoms with Crippen LogP contribution in [0.5, 0.6) is 0 Å². The summed E-state index contributed by atoms with van der Waals surface area (Å²) >= 11 is 0. The Balaban J connectivity index is 3.01. The molecule has 0 saturated heterocycles. The van der Waals surface area contributed by atoms with Gasteiger partial charge in [-0.2, -0.15) is 0 Å². The summed E-state index contributed by atoms with van der Waals surface area (Å²) in [5.74, 6) is 0.524. The maximum absolute atomic E-state index is 12.6. The average Bonchev–Trinajstić information content (AvgIpc) is 2.65. The van der Waals surface area contributed by atoms with Crippen LogP contribution in [0.3, 0.4) is 0 Å². The molecule has 1 rings (SSSR count). The van der Waals surface area contributed by atoms with Crippen molar-refractivity contribution in [3.63, 3.8) is 0 Å². The molecule has 4 nitrogen and oxygen atoms in total. The van der Waals surface area contributed by atoms with Crippen LogP contribution >= 0.6 is 0 Å². The van der Waals surface area contributed by atoms with Gasteiger partial charge in [0.25, 0.3) is 5.91 Å². The summed E-state index contributed by atoms with van der Waals surface area (Å²) in [7, 11) is 0. The molecule has 0 aliphatic heterocycles. The van der Waals surface area contributed by atoms with E-state index in [1.54, 1.807) is 6.07 Å². The Morgan fingerprint density at radius 3 is 2.44 bits per heavy atom. The topological polar surface area (TPSA) is 51.3 Å². The molecule has 0 aromatic carbocycles. The van der Waals surface area contributed by atoms with Crippen molar-refractivity contribution in [3.05, 3.63) is 18.0 Å². The number of hydrogen-bond acceptors (Lipinski definition) is 2. The lowest BCUT2D eigenvalue weighted by atomic mass is 10.1. The van der Waals surface area contributed by atoms with Crippen molar-refractivity contribution < 1.29 is 4.79 Å². The first-order valence-electron chi connectivity index (χ1n) is 6.63. The minimum atomic E-state index is 0.0669. The molecule has 0 radical (unpaired) electrons. The molecule has 4 heteroatoms. The number of aryl methyl sites for hydroxylation is 1. The van der Waals surface area contributed by atoms with E-state index >= 15 is 0 Å². The van der Waals surface area contributed by atoms with Crippen molar-refractivity contribution >= 4 is 11.6 Å². The van der Waals surface area contributed by atoms with Gasteiger partial charge in [-0.1, -0.05) is 13.8 Å². The highest BCUT2D eigenvalue weighted by atomic mass is 16.2. The zero-order valence-corrected chi connectivity index (χ0v) is 12.1. The smallest absolute Gasteiger partial charge is 0.270 e. The number of amides is 1. The monoisotopic (exact) mass is 251 g/mol. The molecule has 0 bridgehead atoms. The first kappa shape index (κ1) is 14.6. The van der Waals surface area contributed by atoms with Gasteiger partial charge in [0.1, 0.15) is 5.69 Å². The van der Waals surface area contributed by atoms with Gasteiger partial charge in [-0.3, -0.25) is 4.79 Å². The van der Waals surface area contributed by atoms with Crippen LogP contribution in [0.15, 0.2) is 12.3 Å². The van der Waals surface area contributed by atoms with E-state index < -0.39 is 0 Å². The van der Waals surface area contributed by atoms with Crippen LogP contribution < -0.4 is 5.73 Å². The highest BCUT2D eigenvalue weighted by molar-refractivity contribution is 5.94. The molecular formula is C14H25N3O. The predicted molar refractivity (Wildman–Crippen MR) is 75.5 cm³/mol. The SMILES string of the molecule is CCn1cc(N)cc1C(=O)N(CC(C)C)C(C)C. The van der Waals surface area contributed by atoms with Crippen molar-refractivity contribution in [2.75, 3.05) is 12.3 Å². The first-order chi connectivity index (χ1) is 8.36. The average molecular weight is 251 g/mol. The van der Waals surface area contributed by atoms with Crippen LogP contribution in [0.4, 0.5) is 5.69 Å². The lowest BCUT2D eigenvalue weighted by molar-refractivity contribution is 0.0671. The molecule has 18 heavy (non-hydrogen) atoms. The van der Waals surface area contributed by atoms with Gasteiger partial charge in [0.2, 0.25) is 0 Å². The number of hydrogen-bond donors (Lipinski definition) is 1. The number of carbonyl (C=O) groups is 1. The quantitative estimate of drug-likeness (QED) is 0.874. The number of carbonyl (C=O) groups excluding carboxylic acids is 1. The van der Waals surface area contributed by atoms with Crippen molar-refractivity contribution in [1.82, 2.24) is 9.47 Å². The highest BCUT2D eigenvalue weighted by Crippen LogP contribution is 2.16. The Labute approximate surface area is 110 Å². The van der Waals surface area contributed by atoms with Crippen molar-refractivity contribution in [2.45, 2.75) is 47.2 Å². The van der Waals surface area contributed by atoms with Crippen LogP contribution in [0.25, 0.3) is 0 Å². The first-order valence-corrected chi connectivity index (χ1v) is 6.63. The summed E-state index contributed by atoms with van der Waals surface area (Å²) in [5, 5.41) is 0. The largest absolute Gasteiger partial charge is 0.397 e. The molecule has 0 saturated carbocycles. The molecule has 1 aromatic rings. The van der Waals surface area contributed by atoms with E-state index in [1.165, 1.54) is 0 Å². The highest BCUT2D eigenvalue weighted by Gasteiger charge is 2.22. The Morgan fingerprint density at radius 2 is 2.00 bits per heavy atom.